The molecule has 2 aromatic carbocycles. The number of aryl methyl sites for hydroxylation is 1. The van der Waals surface area contributed by atoms with Crippen molar-refractivity contribution in [3.8, 4) is 0 Å². The van der Waals surface area contributed by atoms with Crippen LogP contribution in [0.25, 0.3) is 0 Å². The molecule has 0 bridgehead atoms. The van der Waals surface area contributed by atoms with E-state index in [4.69, 9.17) is 17.0 Å². The van der Waals surface area contributed by atoms with Gasteiger partial charge in [-0.3, -0.25) is 0 Å². The second-order valence-electron chi connectivity index (χ2n) is 5.58. The number of rotatable bonds is 6. The van der Waals surface area contributed by atoms with Crippen LogP contribution < -0.4 is 5.32 Å². The van der Waals surface area contributed by atoms with Crippen LogP contribution >= 0.6 is 12.2 Å². The summed E-state index contributed by atoms with van der Waals surface area (Å²) >= 11 is 5.63. The zero-order valence-corrected chi connectivity index (χ0v) is 14.8. The van der Waals surface area contributed by atoms with Gasteiger partial charge in [0.1, 0.15) is 0 Å². The largest absolute Gasteiger partial charge is 0.383 e. The van der Waals surface area contributed by atoms with Gasteiger partial charge in [-0.05, 0) is 48.8 Å². The van der Waals surface area contributed by atoms with Gasteiger partial charge < -0.3 is 15.0 Å². The van der Waals surface area contributed by atoms with Gasteiger partial charge in [0.2, 0.25) is 0 Å². The van der Waals surface area contributed by atoms with E-state index in [1.165, 1.54) is 16.7 Å². The first-order chi connectivity index (χ1) is 11.1. The van der Waals surface area contributed by atoms with Crippen LogP contribution in [0, 0.1) is 13.8 Å². The van der Waals surface area contributed by atoms with Gasteiger partial charge in [0.05, 0.1) is 6.61 Å². The third-order valence-corrected chi connectivity index (χ3v) is 4.28. The average molecular weight is 328 g/mol. The Morgan fingerprint density at radius 3 is 2.52 bits per heavy atom. The van der Waals surface area contributed by atoms with E-state index in [0.29, 0.717) is 6.61 Å². The molecule has 0 heterocycles. The van der Waals surface area contributed by atoms with Crippen LogP contribution in [0.1, 0.15) is 16.7 Å². The van der Waals surface area contributed by atoms with Crippen LogP contribution in [-0.4, -0.2) is 30.3 Å². The summed E-state index contributed by atoms with van der Waals surface area (Å²) in [7, 11) is 1.71. The first-order valence-corrected chi connectivity index (χ1v) is 8.17. The summed E-state index contributed by atoms with van der Waals surface area (Å²) in [6.07, 6.45) is 0. The summed E-state index contributed by atoms with van der Waals surface area (Å²) in [5, 5.41) is 4.10. The normalized spacial score (nSPS) is 10.4. The van der Waals surface area contributed by atoms with Crippen molar-refractivity contribution >= 4 is 23.0 Å². The minimum atomic E-state index is 0.640. The number of methoxy groups -OCH3 is 1. The van der Waals surface area contributed by atoms with E-state index in [0.717, 1.165) is 23.9 Å². The molecule has 4 heteroatoms. The maximum Gasteiger partial charge on any atom is 0.173 e. The molecule has 23 heavy (non-hydrogen) atoms. The summed E-state index contributed by atoms with van der Waals surface area (Å²) in [5.74, 6) is 0. The van der Waals surface area contributed by atoms with Gasteiger partial charge in [0.25, 0.3) is 0 Å². The molecule has 0 atom stereocenters. The molecule has 122 valence electrons. The van der Waals surface area contributed by atoms with Crippen LogP contribution in [0.5, 0.6) is 0 Å². The lowest BCUT2D eigenvalue weighted by atomic mass is 10.1. The van der Waals surface area contributed by atoms with Crippen molar-refractivity contribution < 1.29 is 4.74 Å². The van der Waals surface area contributed by atoms with Crippen LogP contribution in [0.2, 0.25) is 0 Å². The summed E-state index contributed by atoms with van der Waals surface area (Å²) in [6, 6.07) is 16.6. The van der Waals surface area contributed by atoms with E-state index >= 15 is 0 Å². The number of ether oxygens (including phenoxy) is 1. The predicted molar refractivity (Wildman–Crippen MR) is 101 cm³/mol. The smallest absolute Gasteiger partial charge is 0.173 e. The SMILES string of the molecule is COCCN(Cc1ccccc1)C(=S)Nc1cccc(C)c1C. The Morgan fingerprint density at radius 2 is 1.83 bits per heavy atom. The molecule has 0 aromatic heterocycles. The highest BCUT2D eigenvalue weighted by Crippen LogP contribution is 2.19. The Morgan fingerprint density at radius 1 is 1.09 bits per heavy atom. The molecular weight excluding hydrogens is 304 g/mol. The van der Waals surface area contributed by atoms with E-state index in [1.807, 2.05) is 24.3 Å². The van der Waals surface area contributed by atoms with Crippen LogP contribution in [-0.2, 0) is 11.3 Å². The fourth-order valence-corrected chi connectivity index (χ4v) is 2.60. The number of anilines is 1. The maximum absolute atomic E-state index is 5.63. The van der Waals surface area contributed by atoms with Crippen molar-refractivity contribution in [2.45, 2.75) is 20.4 Å². The number of hydrogen-bond donors (Lipinski definition) is 1. The van der Waals surface area contributed by atoms with Crippen molar-refractivity contribution in [2.24, 2.45) is 0 Å². The maximum atomic E-state index is 5.63. The zero-order valence-electron chi connectivity index (χ0n) is 14.0. The number of thiocarbonyl (C=S) groups is 1. The van der Waals surface area contributed by atoms with Crippen molar-refractivity contribution in [1.29, 1.82) is 0 Å². The minimum absolute atomic E-state index is 0.640. The highest BCUT2D eigenvalue weighted by molar-refractivity contribution is 7.80. The molecule has 0 aliphatic rings. The lowest BCUT2D eigenvalue weighted by Crippen LogP contribution is -2.36. The predicted octanol–water partition coefficient (Wildman–Crippen LogP) is 4.15. The molecule has 0 aliphatic carbocycles. The van der Waals surface area contributed by atoms with Crippen LogP contribution in [0.4, 0.5) is 5.69 Å². The van der Waals surface area contributed by atoms with Gasteiger partial charge in [-0.25, -0.2) is 0 Å². The van der Waals surface area contributed by atoms with Crippen molar-refractivity contribution in [3.63, 3.8) is 0 Å². The first-order valence-electron chi connectivity index (χ1n) is 7.77. The molecule has 0 aliphatic heterocycles. The number of benzene rings is 2. The van der Waals surface area contributed by atoms with Gasteiger partial charge in [0.15, 0.2) is 5.11 Å². The third-order valence-electron chi connectivity index (χ3n) is 3.92. The Labute approximate surface area is 144 Å². The Balaban J connectivity index is 2.11. The van der Waals surface area contributed by atoms with E-state index in [9.17, 15) is 0 Å². The number of nitrogens with zero attached hydrogens (tertiary/aromatic N) is 1. The highest BCUT2D eigenvalue weighted by atomic mass is 32.1. The molecule has 0 spiro atoms. The van der Waals surface area contributed by atoms with Crippen molar-refractivity contribution in [1.82, 2.24) is 4.90 Å². The number of nitrogens with one attached hydrogen (secondary N) is 1. The summed E-state index contributed by atoms with van der Waals surface area (Å²) in [4.78, 5) is 2.13. The zero-order chi connectivity index (χ0) is 16.7. The fourth-order valence-electron chi connectivity index (χ4n) is 2.34. The molecule has 0 fully saturated rings. The lowest BCUT2D eigenvalue weighted by molar-refractivity contribution is 0.175. The molecule has 3 nitrogen and oxygen atoms in total. The second-order valence-corrected chi connectivity index (χ2v) is 5.96. The highest BCUT2D eigenvalue weighted by Gasteiger charge is 2.12. The molecule has 2 rings (SSSR count). The molecule has 2 aromatic rings. The third kappa shape index (κ3) is 5.05. The van der Waals surface area contributed by atoms with Gasteiger partial charge >= 0.3 is 0 Å². The molecule has 0 saturated carbocycles. The Bertz CT molecular complexity index is 643. The second kappa shape index (κ2) is 8.65. The van der Waals surface area contributed by atoms with E-state index in [2.05, 4.69) is 48.3 Å². The van der Waals surface area contributed by atoms with Gasteiger partial charge in [0, 0.05) is 25.9 Å². The van der Waals surface area contributed by atoms with Crippen LogP contribution in [0.15, 0.2) is 48.5 Å². The molecular formula is C19H24N2OS. The Hall–Kier alpha value is -1.91. The van der Waals surface area contributed by atoms with Gasteiger partial charge in [-0.1, -0.05) is 42.5 Å². The van der Waals surface area contributed by atoms with Gasteiger partial charge in [-0.2, -0.15) is 0 Å². The first kappa shape index (κ1) is 17.4. The minimum Gasteiger partial charge on any atom is -0.383 e. The van der Waals surface area contributed by atoms with Crippen molar-refractivity contribution in [3.05, 3.63) is 65.2 Å². The summed E-state index contributed by atoms with van der Waals surface area (Å²) in [6.45, 7) is 6.37. The van der Waals surface area contributed by atoms with E-state index in [-0.39, 0.29) is 0 Å². The van der Waals surface area contributed by atoms with Gasteiger partial charge in [-0.15, -0.1) is 0 Å². The quantitative estimate of drug-likeness (QED) is 0.805. The topological polar surface area (TPSA) is 24.5 Å². The van der Waals surface area contributed by atoms with Crippen LogP contribution in [0.3, 0.4) is 0 Å². The molecule has 0 radical (unpaired) electrons. The standard InChI is InChI=1S/C19H24N2OS/c1-15-8-7-11-18(16(15)2)20-19(23)21(12-13-22-3)14-17-9-5-4-6-10-17/h4-11H,12-14H2,1-3H3,(H,20,23). The van der Waals surface area contributed by atoms with Crippen molar-refractivity contribution in [2.75, 3.05) is 25.6 Å². The van der Waals surface area contributed by atoms with E-state index < -0.39 is 0 Å². The van der Waals surface area contributed by atoms with E-state index in [1.54, 1.807) is 7.11 Å². The lowest BCUT2D eigenvalue weighted by Gasteiger charge is -2.26. The molecule has 0 amide bonds. The molecule has 0 saturated heterocycles. The Kier molecular flexibility index (Phi) is 6.56. The number of hydrogen-bond acceptors (Lipinski definition) is 2. The molecule has 0 unspecified atom stereocenters. The summed E-state index contributed by atoms with van der Waals surface area (Å²) in [5.41, 5.74) is 4.77. The molecule has 1 N–H and O–H groups in total. The fraction of sp³-hybridized carbons (Fsp3) is 0.316. The average Bonchev–Trinajstić information content (AvgIpc) is 2.56. The monoisotopic (exact) mass is 328 g/mol. The summed E-state index contributed by atoms with van der Waals surface area (Å²) < 4.78 is 5.22.